The first-order valence-electron chi connectivity index (χ1n) is 8.65. The molecule has 6 heteroatoms. The van der Waals surface area contributed by atoms with Gasteiger partial charge in [-0.1, -0.05) is 17.9 Å². The molecule has 3 aromatic rings. The molecule has 142 valence electrons. The van der Waals surface area contributed by atoms with Gasteiger partial charge >= 0.3 is 5.63 Å². The maximum Gasteiger partial charge on any atom is 0.344 e. The average Bonchev–Trinajstić information content (AvgIpc) is 2.64. The molecule has 0 amide bonds. The summed E-state index contributed by atoms with van der Waals surface area (Å²) in [4.78, 5) is 13.9. The van der Waals surface area contributed by atoms with Gasteiger partial charge in [0.15, 0.2) is 0 Å². The molecule has 0 saturated carbocycles. The monoisotopic (exact) mass is 369 g/mol. The van der Waals surface area contributed by atoms with Gasteiger partial charge in [-0.05, 0) is 24.6 Å². The van der Waals surface area contributed by atoms with Gasteiger partial charge in [-0.15, -0.1) is 0 Å². The zero-order valence-corrected chi connectivity index (χ0v) is 16.1. The Morgan fingerprint density at radius 2 is 1.85 bits per heavy atom. The first kappa shape index (κ1) is 18.8. The number of aryl methyl sites for hydroxylation is 1. The van der Waals surface area contributed by atoms with Crippen LogP contribution in [0.3, 0.4) is 0 Å². The Bertz CT molecular complexity index is 1050. The Balaban J connectivity index is 2.31. The second-order valence-corrected chi connectivity index (χ2v) is 6.76. The minimum atomic E-state index is -0.496. The molecule has 0 fully saturated rings. The molecule has 0 aliphatic rings. The fourth-order valence-electron chi connectivity index (χ4n) is 3.29. The van der Waals surface area contributed by atoms with Gasteiger partial charge in [0, 0.05) is 22.6 Å². The van der Waals surface area contributed by atoms with Gasteiger partial charge in [0.25, 0.3) is 0 Å². The summed E-state index contributed by atoms with van der Waals surface area (Å²) in [5.74, 6) is 1.02. The SMILES string of the molecule is COc1ccc(-c2c(C)c3ccc([O-])c(C[NH+](C)C)c3oc2=O)c(OC)c1. The van der Waals surface area contributed by atoms with Crippen LogP contribution in [0.25, 0.3) is 22.1 Å². The number of nitrogens with one attached hydrogen (secondary N) is 1. The number of rotatable bonds is 5. The lowest BCUT2D eigenvalue weighted by atomic mass is 9.97. The molecular weight excluding hydrogens is 346 g/mol. The van der Waals surface area contributed by atoms with Crippen molar-refractivity contribution in [1.29, 1.82) is 0 Å². The number of methoxy groups -OCH3 is 2. The van der Waals surface area contributed by atoms with Crippen molar-refractivity contribution < 1.29 is 23.9 Å². The van der Waals surface area contributed by atoms with Crippen LogP contribution in [0.1, 0.15) is 11.1 Å². The summed E-state index contributed by atoms with van der Waals surface area (Å²) in [7, 11) is 7.00. The lowest BCUT2D eigenvalue weighted by Gasteiger charge is -2.19. The molecule has 2 aromatic carbocycles. The molecule has 0 radical (unpaired) electrons. The van der Waals surface area contributed by atoms with E-state index in [9.17, 15) is 9.90 Å². The standard InChI is InChI=1S/C21H23NO5/c1-12-14-8-9-17(23)16(11-22(2)3)20(14)27-21(24)19(12)15-7-6-13(25-4)10-18(15)26-5/h6-10,23H,11H2,1-5H3. The summed E-state index contributed by atoms with van der Waals surface area (Å²) in [6.45, 7) is 2.33. The van der Waals surface area contributed by atoms with Crippen LogP contribution in [0, 0.1) is 6.92 Å². The van der Waals surface area contributed by atoms with E-state index in [1.165, 1.54) is 13.2 Å². The van der Waals surface area contributed by atoms with E-state index < -0.39 is 5.63 Å². The highest BCUT2D eigenvalue weighted by molar-refractivity contribution is 5.90. The van der Waals surface area contributed by atoms with E-state index in [0.717, 1.165) is 15.8 Å². The Labute approximate surface area is 157 Å². The van der Waals surface area contributed by atoms with Crippen molar-refractivity contribution in [3.05, 3.63) is 51.9 Å². The summed E-state index contributed by atoms with van der Waals surface area (Å²) in [5, 5.41) is 13.1. The largest absolute Gasteiger partial charge is 0.872 e. The third kappa shape index (κ3) is 3.36. The molecule has 6 nitrogen and oxygen atoms in total. The fraction of sp³-hybridized carbons (Fsp3) is 0.286. The Kier molecular flexibility index (Phi) is 5.10. The molecule has 0 spiro atoms. The van der Waals surface area contributed by atoms with Crippen LogP contribution in [0.15, 0.2) is 39.5 Å². The number of benzene rings is 2. The highest BCUT2D eigenvalue weighted by Crippen LogP contribution is 2.36. The number of ether oxygens (including phenoxy) is 2. The fourth-order valence-corrected chi connectivity index (χ4v) is 3.29. The van der Waals surface area contributed by atoms with Crippen LogP contribution in [-0.4, -0.2) is 28.3 Å². The van der Waals surface area contributed by atoms with Crippen molar-refractivity contribution >= 4 is 11.0 Å². The smallest absolute Gasteiger partial charge is 0.344 e. The third-order valence-electron chi connectivity index (χ3n) is 4.60. The van der Waals surface area contributed by atoms with E-state index in [1.807, 2.05) is 21.0 Å². The van der Waals surface area contributed by atoms with Crippen LogP contribution in [-0.2, 0) is 6.54 Å². The zero-order valence-electron chi connectivity index (χ0n) is 16.1. The van der Waals surface area contributed by atoms with E-state index in [4.69, 9.17) is 13.9 Å². The molecule has 0 aliphatic carbocycles. The summed E-state index contributed by atoms with van der Waals surface area (Å²) in [6.07, 6.45) is 0. The lowest BCUT2D eigenvalue weighted by Crippen LogP contribution is -3.04. The van der Waals surface area contributed by atoms with Crippen LogP contribution in [0.2, 0.25) is 0 Å². The molecule has 1 heterocycles. The number of hydrogen-bond acceptors (Lipinski definition) is 5. The van der Waals surface area contributed by atoms with Crippen LogP contribution < -0.4 is 25.1 Å². The van der Waals surface area contributed by atoms with Gasteiger partial charge in [0.1, 0.15) is 23.6 Å². The lowest BCUT2D eigenvalue weighted by molar-refractivity contribution is -0.872. The second kappa shape index (κ2) is 7.32. The van der Waals surface area contributed by atoms with E-state index >= 15 is 0 Å². The zero-order chi connectivity index (χ0) is 19.7. The van der Waals surface area contributed by atoms with E-state index in [0.29, 0.717) is 40.3 Å². The summed E-state index contributed by atoms with van der Waals surface area (Å²) in [5.41, 5.74) is 2.17. The molecule has 1 N–H and O–H groups in total. The Hall–Kier alpha value is -2.99. The second-order valence-electron chi connectivity index (χ2n) is 6.76. The quantitative estimate of drug-likeness (QED) is 0.690. The molecular formula is C21H23NO5. The van der Waals surface area contributed by atoms with E-state index in [1.54, 1.807) is 31.4 Å². The molecule has 0 atom stereocenters. The maximum atomic E-state index is 12.9. The Morgan fingerprint density at radius 1 is 1.11 bits per heavy atom. The number of fused-ring (bicyclic) bond motifs is 1. The van der Waals surface area contributed by atoms with Crippen molar-refractivity contribution in [2.24, 2.45) is 0 Å². The molecule has 27 heavy (non-hydrogen) atoms. The number of hydrogen-bond donors (Lipinski definition) is 1. The van der Waals surface area contributed by atoms with Crippen LogP contribution in [0.4, 0.5) is 0 Å². The van der Waals surface area contributed by atoms with Gasteiger partial charge in [-0.25, -0.2) is 4.79 Å². The summed E-state index contributed by atoms with van der Waals surface area (Å²) >= 11 is 0. The average molecular weight is 369 g/mol. The van der Waals surface area contributed by atoms with Gasteiger partial charge in [-0.3, -0.25) is 0 Å². The van der Waals surface area contributed by atoms with E-state index in [2.05, 4.69) is 0 Å². The molecule has 0 saturated heterocycles. The normalized spacial score (nSPS) is 11.2. The third-order valence-corrected chi connectivity index (χ3v) is 4.60. The Morgan fingerprint density at radius 3 is 2.48 bits per heavy atom. The van der Waals surface area contributed by atoms with Gasteiger partial charge in [-0.2, -0.15) is 0 Å². The van der Waals surface area contributed by atoms with Crippen molar-refractivity contribution in [2.45, 2.75) is 13.5 Å². The summed E-state index contributed by atoms with van der Waals surface area (Å²) < 4.78 is 16.3. The molecule has 0 aliphatic heterocycles. The topological polar surface area (TPSA) is 76.2 Å². The first-order valence-corrected chi connectivity index (χ1v) is 8.65. The van der Waals surface area contributed by atoms with Gasteiger partial charge in [0.2, 0.25) is 0 Å². The van der Waals surface area contributed by atoms with Gasteiger partial charge < -0.3 is 23.9 Å². The summed E-state index contributed by atoms with van der Waals surface area (Å²) in [6, 6.07) is 8.50. The molecule has 3 rings (SSSR count). The van der Waals surface area contributed by atoms with Crippen molar-refractivity contribution in [3.8, 4) is 28.4 Å². The van der Waals surface area contributed by atoms with Crippen molar-refractivity contribution in [3.63, 3.8) is 0 Å². The van der Waals surface area contributed by atoms with Crippen molar-refractivity contribution in [1.82, 2.24) is 0 Å². The van der Waals surface area contributed by atoms with Crippen LogP contribution in [0.5, 0.6) is 17.2 Å². The molecule has 0 bridgehead atoms. The van der Waals surface area contributed by atoms with E-state index in [-0.39, 0.29) is 5.75 Å². The minimum Gasteiger partial charge on any atom is -0.872 e. The predicted octanol–water partition coefficient (Wildman–Crippen LogP) is 1.50. The van der Waals surface area contributed by atoms with Crippen molar-refractivity contribution in [2.75, 3.05) is 28.3 Å². The maximum absolute atomic E-state index is 12.9. The highest BCUT2D eigenvalue weighted by atomic mass is 16.5. The van der Waals surface area contributed by atoms with Crippen LogP contribution >= 0.6 is 0 Å². The number of quaternary nitrogens is 1. The highest BCUT2D eigenvalue weighted by Gasteiger charge is 2.19. The minimum absolute atomic E-state index is 0.124. The molecule has 0 unspecified atom stereocenters. The molecule has 1 aromatic heterocycles. The predicted molar refractivity (Wildman–Crippen MR) is 102 cm³/mol. The first-order chi connectivity index (χ1) is 12.9. The van der Waals surface area contributed by atoms with Gasteiger partial charge in [0.05, 0.1) is 33.9 Å².